The summed E-state index contributed by atoms with van der Waals surface area (Å²) >= 11 is 1.49. The van der Waals surface area contributed by atoms with Crippen LogP contribution < -0.4 is 4.74 Å². The lowest BCUT2D eigenvalue weighted by Crippen LogP contribution is -2.03. The van der Waals surface area contributed by atoms with Crippen molar-refractivity contribution in [3.8, 4) is 5.75 Å². The normalized spacial score (nSPS) is 14.9. The minimum atomic E-state index is -0.432. The molecule has 0 atom stereocenters. The third-order valence-corrected chi connectivity index (χ3v) is 4.92. The molecule has 0 aliphatic carbocycles. The van der Waals surface area contributed by atoms with Gasteiger partial charge < -0.3 is 9.47 Å². The Labute approximate surface area is 161 Å². The predicted molar refractivity (Wildman–Crippen MR) is 107 cm³/mol. The second kappa shape index (κ2) is 7.60. The van der Waals surface area contributed by atoms with E-state index < -0.39 is 5.97 Å². The third kappa shape index (κ3) is 4.15. The van der Waals surface area contributed by atoms with E-state index in [1.165, 1.54) is 16.9 Å². The topological polar surface area (TPSA) is 47.9 Å². The van der Waals surface area contributed by atoms with Gasteiger partial charge in [0.2, 0.25) is 5.90 Å². The van der Waals surface area contributed by atoms with Gasteiger partial charge in [0.05, 0.1) is 4.88 Å². The first-order valence-corrected chi connectivity index (χ1v) is 9.40. The lowest BCUT2D eigenvalue weighted by Gasteiger charge is -2.07. The molecule has 0 N–H and O–H groups in total. The zero-order chi connectivity index (χ0) is 18.6. The van der Waals surface area contributed by atoms with Crippen molar-refractivity contribution in [2.24, 2.45) is 4.99 Å². The molecule has 1 aliphatic rings. The van der Waals surface area contributed by atoms with Crippen molar-refractivity contribution < 1.29 is 14.3 Å². The van der Waals surface area contributed by atoms with Gasteiger partial charge in [0.1, 0.15) is 12.4 Å². The molecule has 0 saturated carbocycles. The number of nitrogens with zero attached hydrogens (tertiary/aromatic N) is 1. The van der Waals surface area contributed by atoms with Gasteiger partial charge in [0.15, 0.2) is 5.70 Å². The summed E-state index contributed by atoms with van der Waals surface area (Å²) in [5, 5.41) is 1.92. The van der Waals surface area contributed by atoms with E-state index in [0.29, 0.717) is 18.2 Å². The summed E-state index contributed by atoms with van der Waals surface area (Å²) in [5.41, 5.74) is 3.51. The highest BCUT2D eigenvalue weighted by atomic mass is 32.1. The molecule has 0 radical (unpaired) electrons. The Bertz CT molecular complexity index is 1000. The first-order chi connectivity index (χ1) is 13.2. The van der Waals surface area contributed by atoms with Crippen molar-refractivity contribution in [1.29, 1.82) is 0 Å². The van der Waals surface area contributed by atoms with Crippen LogP contribution >= 0.6 is 11.3 Å². The van der Waals surface area contributed by atoms with E-state index in [0.717, 1.165) is 21.8 Å². The fourth-order valence-electron chi connectivity index (χ4n) is 2.58. The number of aryl methyl sites for hydroxylation is 1. The van der Waals surface area contributed by atoms with Gasteiger partial charge in [0.25, 0.3) is 0 Å². The van der Waals surface area contributed by atoms with Gasteiger partial charge in [-0.05, 0) is 47.7 Å². The lowest BCUT2D eigenvalue weighted by molar-refractivity contribution is -0.129. The van der Waals surface area contributed by atoms with Crippen molar-refractivity contribution in [2.45, 2.75) is 13.5 Å². The second-order valence-corrected chi connectivity index (χ2v) is 7.10. The van der Waals surface area contributed by atoms with Crippen LogP contribution in [0.5, 0.6) is 5.75 Å². The molecular formula is C22H17NO3S. The number of esters is 1. The van der Waals surface area contributed by atoms with Gasteiger partial charge in [-0.2, -0.15) is 0 Å². The number of cyclic esters (lactones) is 1. The summed E-state index contributed by atoms with van der Waals surface area (Å²) < 4.78 is 11.0. The van der Waals surface area contributed by atoms with Crippen molar-refractivity contribution in [3.63, 3.8) is 0 Å². The molecule has 0 saturated heterocycles. The summed E-state index contributed by atoms with van der Waals surface area (Å²) in [7, 11) is 0. The molecule has 0 amide bonds. The zero-order valence-corrected chi connectivity index (χ0v) is 15.5. The Morgan fingerprint density at radius 1 is 1.07 bits per heavy atom. The molecule has 0 bridgehead atoms. The van der Waals surface area contributed by atoms with Crippen LogP contribution in [-0.2, 0) is 16.1 Å². The fourth-order valence-corrected chi connectivity index (χ4v) is 3.23. The highest BCUT2D eigenvalue weighted by Gasteiger charge is 2.24. The monoisotopic (exact) mass is 375 g/mol. The molecule has 0 unspecified atom stereocenters. The first-order valence-electron chi connectivity index (χ1n) is 8.52. The number of rotatable bonds is 5. The van der Waals surface area contributed by atoms with Crippen molar-refractivity contribution in [1.82, 2.24) is 0 Å². The van der Waals surface area contributed by atoms with Crippen molar-refractivity contribution >= 4 is 29.3 Å². The number of thiophene rings is 1. The summed E-state index contributed by atoms with van der Waals surface area (Å²) in [4.78, 5) is 17.1. The van der Waals surface area contributed by atoms with Gasteiger partial charge in [-0.3, -0.25) is 0 Å². The van der Waals surface area contributed by atoms with Crippen LogP contribution in [0.4, 0.5) is 0 Å². The van der Waals surface area contributed by atoms with Crippen LogP contribution in [0.1, 0.15) is 21.6 Å². The summed E-state index contributed by atoms with van der Waals surface area (Å²) in [6.07, 6.45) is 1.71. The molecule has 4 nitrogen and oxygen atoms in total. The van der Waals surface area contributed by atoms with Crippen LogP contribution in [0.2, 0.25) is 0 Å². The fraction of sp³-hybridized carbons (Fsp3) is 0.0909. The standard InChI is InChI=1S/C22H17NO3S/c1-15-4-6-17(7-5-15)14-25-18-10-8-16(9-11-18)13-19-22(24)26-21(23-19)20-3-2-12-27-20/h2-13H,14H2,1H3/b19-13-. The van der Waals surface area contributed by atoms with Gasteiger partial charge >= 0.3 is 5.97 Å². The maximum absolute atomic E-state index is 12.0. The molecule has 0 fully saturated rings. The SMILES string of the molecule is Cc1ccc(COc2ccc(/C=C3\N=C(c4cccs4)OC3=O)cc2)cc1. The number of carbonyl (C=O) groups excluding carboxylic acids is 1. The van der Waals surface area contributed by atoms with Crippen LogP contribution in [0, 0.1) is 6.92 Å². The molecule has 134 valence electrons. The molecule has 2 heterocycles. The largest absolute Gasteiger partial charge is 0.489 e. The van der Waals surface area contributed by atoms with Crippen molar-refractivity contribution in [2.75, 3.05) is 0 Å². The molecule has 3 aromatic rings. The Hall–Kier alpha value is -3.18. The number of aliphatic imine (C=N–C) groups is 1. The van der Waals surface area contributed by atoms with Gasteiger partial charge in [0, 0.05) is 0 Å². The molecule has 4 rings (SSSR count). The van der Waals surface area contributed by atoms with Crippen LogP contribution in [0.15, 0.2) is 76.7 Å². The first kappa shape index (κ1) is 17.2. The van der Waals surface area contributed by atoms with E-state index in [-0.39, 0.29) is 0 Å². The maximum atomic E-state index is 12.0. The Morgan fingerprint density at radius 3 is 2.56 bits per heavy atom. The maximum Gasteiger partial charge on any atom is 0.363 e. The Kier molecular flexibility index (Phi) is 4.85. The van der Waals surface area contributed by atoms with E-state index in [1.54, 1.807) is 6.08 Å². The summed E-state index contributed by atoms with van der Waals surface area (Å²) in [6.45, 7) is 2.58. The highest BCUT2D eigenvalue weighted by molar-refractivity contribution is 7.12. The van der Waals surface area contributed by atoms with E-state index in [9.17, 15) is 4.79 Å². The molecule has 0 spiro atoms. The average molecular weight is 375 g/mol. The molecular weight excluding hydrogens is 358 g/mol. The van der Waals surface area contributed by atoms with E-state index >= 15 is 0 Å². The number of benzene rings is 2. The molecule has 2 aromatic carbocycles. The smallest absolute Gasteiger partial charge is 0.363 e. The van der Waals surface area contributed by atoms with Crippen LogP contribution in [0.25, 0.3) is 6.08 Å². The Balaban J connectivity index is 1.43. The average Bonchev–Trinajstić information content (AvgIpc) is 3.33. The quantitative estimate of drug-likeness (QED) is 0.467. The summed E-state index contributed by atoms with van der Waals surface area (Å²) in [6, 6.07) is 19.6. The van der Waals surface area contributed by atoms with Crippen molar-refractivity contribution in [3.05, 3.63) is 93.3 Å². The molecule has 1 aliphatic heterocycles. The summed E-state index contributed by atoms with van der Waals surface area (Å²) in [5.74, 6) is 0.701. The van der Waals surface area contributed by atoms with Gasteiger partial charge in [-0.15, -0.1) is 11.3 Å². The molecule has 27 heavy (non-hydrogen) atoms. The van der Waals surface area contributed by atoms with E-state index in [2.05, 4.69) is 36.2 Å². The molecule has 5 heteroatoms. The highest BCUT2D eigenvalue weighted by Crippen LogP contribution is 2.22. The molecule has 1 aromatic heterocycles. The third-order valence-electron chi connectivity index (χ3n) is 4.06. The predicted octanol–water partition coefficient (Wildman–Crippen LogP) is 4.98. The number of ether oxygens (including phenoxy) is 2. The number of hydrogen-bond acceptors (Lipinski definition) is 5. The Morgan fingerprint density at radius 2 is 1.85 bits per heavy atom. The van der Waals surface area contributed by atoms with Crippen LogP contribution in [-0.4, -0.2) is 11.9 Å². The van der Waals surface area contributed by atoms with Gasteiger partial charge in [-0.1, -0.05) is 48.0 Å². The van der Waals surface area contributed by atoms with Gasteiger partial charge in [-0.25, -0.2) is 9.79 Å². The van der Waals surface area contributed by atoms with E-state index in [4.69, 9.17) is 9.47 Å². The second-order valence-electron chi connectivity index (χ2n) is 6.16. The lowest BCUT2D eigenvalue weighted by atomic mass is 10.1. The minimum Gasteiger partial charge on any atom is -0.489 e. The number of hydrogen-bond donors (Lipinski definition) is 0. The number of carbonyl (C=O) groups is 1. The zero-order valence-electron chi connectivity index (χ0n) is 14.7. The van der Waals surface area contributed by atoms with Crippen LogP contribution in [0.3, 0.4) is 0 Å². The minimum absolute atomic E-state index is 0.298. The van der Waals surface area contributed by atoms with E-state index in [1.807, 2.05) is 41.8 Å².